The van der Waals surface area contributed by atoms with E-state index in [9.17, 15) is 17.6 Å². The molecule has 0 fully saturated rings. The first kappa shape index (κ1) is 16.6. The SMILES string of the molecule is NC(=O)COCCNS(=O)(=O)c1cc(N)cc(Cl)c1F. The Morgan fingerprint density at radius 1 is 1.45 bits per heavy atom. The van der Waals surface area contributed by atoms with Crippen LogP contribution in [0, 0.1) is 5.82 Å². The number of hydrogen-bond acceptors (Lipinski definition) is 5. The quantitative estimate of drug-likeness (QED) is 0.474. The summed E-state index contributed by atoms with van der Waals surface area (Å²) in [5, 5.41) is -0.393. The van der Waals surface area contributed by atoms with E-state index in [0.717, 1.165) is 12.1 Å². The van der Waals surface area contributed by atoms with E-state index in [4.69, 9.17) is 27.8 Å². The molecule has 0 bridgehead atoms. The second kappa shape index (κ2) is 6.84. The second-order valence-electron chi connectivity index (χ2n) is 3.73. The van der Waals surface area contributed by atoms with Gasteiger partial charge in [0.25, 0.3) is 0 Å². The summed E-state index contributed by atoms with van der Waals surface area (Å²) in [7, 11) is -4.12. The van der Waals surface area contributed by atoms with Crippen molar-refractivity contribution in [3.63, 3.8) is 0 Å². The van der Waals surface area contributed by atoms with Crippen LogP contribution in [0.1, 0.15) is 0 Å². The van der Waals surface area contributed by atoms with Crippen LogP contribution in [0.3, 0.4) is 0 Å². The van der Waals surface area contributed by atoms with Crippen molar-refractivity contribution in [1.82, 2.24) is 4.72 Å². The third kappa shape index (κ3) is 4.60. The molecular formula is C10H13ClFN3O4S. The monoisotopic (exact) mass is 325 g/mol. The van der Waals surface area contributed by atoms with Crippen molar-refractivity contribution < 1.29 is 22.3 Å². The Labute approximate surface area is 120 Å². The fourth-order valence-electron chi connectivity index (χ4n) is 1.28. The van der Waals surface area contributed by atoms with Crippen LogP contribution in [0.2, 0.25) is 5.02 Å². The molecule has 5 N–H and O–H groups in total. The van der Waals surface area contributed by atoms with Gasteiger partial charge in [-0.25, -0.2) is 17.5 Å². The van der Waals surface area contributed by atoms with Crippen LogP contribution in [0.15, 0.2) is 17.0 Å². The Bertz CT molecular complexity index is 609. The minimum Gasteiger partial charge on any atom is -0.399 e. The van der Waals surface area contributed by atoms with Gasteiger partial charge < -0.3 is 16.2 Å². The smallest absolute Gasteiger partial charge is 0.243 e. The molecule has 0 atom stereocenters. The maximum Gasteiger partial charge on any atom is 0.243 e. The molecule has 1 rings (SSSR count). The summed E-state index contributed by atoms with van der Waals surface area (Å²) in [6, 6.07) is 2.06. The van der Waals surface area contributed by atoms with Crippen LogP contribution in [0.5, 0.6) is 0 Å². The number of carbonyl (C=O) groups is 1. The van der Waals surface area contributed by atoms with Gasteiger partial charge in [-0.1, -0.05) is 11.6 Å². The summed E-state index contributed by atoms with van der Waals surface area (Å²) in [4.78, 5) is 9.73. The zero-order valence-electron chi connectivity index (χ0n) is 10.2. The number of anilines is 1. The number of benzene rings is 1. The van der Waals surface area contributed by atoms with Crippen LogP contribution in [-0.2, 0) is 19.6 Å². The van der Waals surface area contributed by atoms with Gasteiger partial charge in [0.15, 0.2) is 5.82 Å². The van der Waals surface area contributed by atoms with Crippen LogP contribution >= 0.6 is 11.6 Å². The third-order valence-corrected chi connectivity index (χ3v) is 3.82. The van der Waals surface area contributed by atoms with E-state index in [1.165, 1.54) is 0 Å². The normalized spacial score (nSPS) is 11.5. The average Bonchev–Trinajstić information content (AvgIpc) is 2.32. The van der Waals surface area contributed by atoms with E-state index in [1.807, 2.05) is 0 Å². The summed E-state index contributed by atoms with van der Waals surface area (Å²) in [6.07, 6.45) is 0. The number of nitrogen functional groups attached to an aromatic ring is 1. The summed E-state index contributed by atoms with van der Waals surface area (Å²) in [5.41, 5.74) is 10.3. The topological polar surface area (TPSA) is 125 Å². The second-order valence-corrected chi connectivity index (χ2v) is 5.87. The lowest BCUT2D eigenvalue weighted by atomic mass is 10.3. The number of ether oxygens (including phenoxy) is 1. The molecule has 0 aromatic heterocycles. The van der Waals surface area contributed by atoms with Gasteiger partial charge in [0, 0.05) is 12.2 Å². The van der Waals surface area contributed by atoms with Gasteiger partial charge >= 0.3 is 0 Å². The predicted molar refractivity (Wildman–Crippen MR) is 71.0 cm³/mol. The Hall–Kier alpha value is -1.42. The molecule has 0 saturated heterocycles. The van der Waals surface area contributed by atoms with Crippen molar-refractivity contribution in [3.8, 4) is 0 Å². The molecular weight excluding hydrogens is 313 g/mol. The van der Waals surface area contributed by atoms with E-state index in [-0.39, 0.29) is 25.4 Å². The summed E-state index contributed by atoms with van der Waals surface area (Å²) in [5.74, 6) is -1.77. The zero-order chi connectivity index (χ0) is 15.3. The summed E-state index contributed by atoms with van der Waals surface area (Å²) in [6.45, 7) is -0.596. The van der Waals surface area contributed by atoms with Crippen LogP contribution in [-0.4, -0.2) is 34.1 Å². The van der Waals surface area contributed by atoms with E-state index >= 15 is 0 Å². The van der Waals surface area contributed by atoms with Gasteiger partial charge in [0.1, 0.15) is 11.5 Å². The van der Waals surface area contributed by atoms with Gasteiger partial charge in [-0.05, 0) is 12.1 Å². The summed E-state index contributed by atoms with van der Waals surface area (Å²) >= 11 is 5.52. The highest BCUT2D eigenvalue weighted by Crippen LogP contribution is 2.25. The molecule has 0 unspecified atom stereocenters. The van der Waals surface area contributed by atoms with Gasteiger partial charge in [0.05, 0.1) is 11.6 Å². The molecule has 0 radical (unpaired) electrons. The van der Waals surface area contributed by atoms with E-state index in [0.29, 0.717) is 0 Å². The van der Waals surface area contributed by atoms with Crippen molar-refractivity contribution in [3.05, 3.63) is 23.0 Å². The lowest BCUT2D eigenvalue weighted by Crippen LogP contribution is -2.29. The standard InChI is InChI=1S/C10H13ClFN3O4S/c11-7-3-6(13)4-8(10(7)12)20(17,18)15-1-2-19-5-9(14)16/h3-4,15H,1-2,5,13H2,(H2,14,16). The van der Waals surface area contributed by atoms with Crippen molar-refractivity contribution in [2.24, 2.45) is 5.73 Å². The molecule has 10 heteroatoms. The van der Waals surface area contributed by atoms with Crippen LogP contribution in [0.4, 0.5) is 10.1 Å². The van der Waals surface area contributed by atoms with Crippen LogP contribution < -0.4 is 16.2 Å². The number of carbonyl (C=O) groups excluding carboxylic acids is 1. The lowest BCUT2D eigenvalue weighted by Gasteiger charge is -2.09. The number of nitrogens with one attached hydrogen (secondary N) is 1. The third-order valence-electron chi connectivity index (χ3n) is 2.09. The Morgan fingerprint density at radius 2 is 2.10 bits per heavy atom. The first-order valence-electron chi connectivity index (χ1n) is 5.34. The van der Waals surface area contributed by atoms with E-state index in [1.54, 1.807) is 0 Å². The highest BCUT2D eigenvalue weighted by Gasteiger charge is 2.21. The highest BCUT2D eigenvalue weighted by molar-refractivity contribution is 7.89. The molecule has 0 aliphatic heterocycles. The van der Waals surface area contributed by atoms with Crippen molar-refractivity contribution in [2.45, 2.75) is 4.90 Å². The zero-order valence-corrected chi connectivity index (χ0v) is 11.8. The molecule has 20 heavy (non-hydrogen) atoms. The van der Waals surface area contributed by atoms with Crippen molar-refractivity contribution >= 4 is 33.2 Å². The van der Waals surface area contributed by atoms with Crippen LogP contribution in [0.25, 0.3) is 0 Å². The fourth-order valence-corrected chi connectivity index (χ4v) is 2.71. The first-order chi connectivity index (χ1) is 9.24. The minimum atomic E-state index is -4.12. The molecule has 0 aliphatic carbocycles. The van der Waals surface area contributed by atoms with E-state index < -0.39 is 31.7 Å². The van der Waals surface area contributed by atoms with Crippen molar-refractivity contribution in [1.29, 1.82) is 0 Å². The molecule has 1 aromatic carbocycles. The molecule has 0 aliphatic rings. The fraction of sp³-hybridized carbons (Fsp3) is 0.300. The lowest BCUT2D eigenvalue weighted by molar-refractivity contribution is -0.122. The number of primary amides is 1. The van der Waals surface area contributed by atoms with Gasteiger partial charge in [0.2, 0.25) is 15.9 Å². The predicted octanol–water partition coefficient (Wildman–Crippen LogP) is -0.159. The average molecular weight is 326 g/mol. The summed E-state index contributed by atoms with van der Waals surface area (Å²) < 4.78 is 44.2. The number of nitrogens with two attached hydrogens (primary N) is 2. The number of sulfonamides is 1. The number of rotatable bonds is 7. The molecule has 1 aromatic rings. The Morgan fingerprint density at radius 3 is 2.70 bits per heavy atom. The van der Waals surface area contributed by atoms with Gasteiger partial charge in [-0.15, -0.1) is 0 Å². The minimum absolute atomic E-state index is 0.0155. The Balaban J connectivity index is 2.72. The first-order valence-corrected chi connectivity index (χ1v) is 7.20. The van der Waals surface area contributed by atoms with Gasteiger partial charge in [-0.2, -0.15) is 0 Å². The molecule has 112 valence electrons. The largest absolute Gasteiger partial charge is 0.399 e. The number of amides is 1. The molecule has 7 nitrogen and oxygen atoms in total. The van der Waals surface area contributed by atoms with Crippen molar-refractivity contribution in [2.75, 3.05) is 25.5 Å². The van der Waals surface area contributed by atoms with E-state index in [2.05, 4.69) is 4.72 Å². The van der Waals surface area contributed by atoms with Gasteiger partial charge in [-0.3, -0.25) is 4.79 Å². The molecule has 0 saturated carbocycles. The molecule has 0 spiro atoms. The molecule has 1 amide bonds. The maximum atomic E-state index is 13.7. The maximum absolute atomic E-state index is 13.7. The molecule has 0 heterocycles. The Kier molecular flexibility index (Phi) is 5.69. The number of halogens is 2. The highest BCUT2D eigenvalue weighted by atomic mass is 35.5. The number of hydrogen-bond donors (Lipinski definition) is 3.